The summed E-state index contributed by atoms with van der Waals surface area (Å²) in [7, 11) is 0. The van der Waals surface area contributed by atoms with Crippen LogP contribution in [-0.4, -0.2) is 16.5 Å². The number of halogens is 1. The largest absolute Gasteiger partial charge is 0.289 e. The SMILES string of the molecule is Cc1cc(N(O)C=N)ncc1Br. The summed E-state index contributed by atoms with van der Waals surface area (Å²) in [5.41, 5.74) is 0.959. The summed E-state index contributed by atoms with van der Waals surface area (Å²) in [6.07, 6.45) is 2.37. The molecule has 0 saturated carbocycles. The van der Waals surface area contributed by atoms with Crippen LogP contribution in [0, 0.1) is 12.3 Å². The van der Waals surface area contributed by atoms with Crippen LogP contribution >= 0.6 is 15.9 Å². The predicted molar refractivity (Wildman–Crippen MR) is 49.7 cm³/mol. The van der Waals surface area contributed by atoms with Gasteiger partial charge < -0.3 is 0 Å². The first kappa shape index (κ1) is 9.15. The third-order valence-corrected chi connectivity index (χ3v) is 2.22. The average Bonchev–Trinajstić information content (AvgIpc) is 2.08. The van der Waals surface area contributed by atoms with Crippen LogP contribution in [0.4, 0.5) is 5.82 Å². The highest BCUT2D eigenvalue weighted by molar-refractivity contribution is 9.10. The first-order valence-corrected chi connectivity index (χ1v) is 4.05. The molecule has 4 nitrogen and oxygen atoms in total. The van der Waals surface area contributed by atoms with Crippen LogP contribution < -0.4 is 5.06 Å². The summed E-state index contributed by atoms with van der Waals surface area (Å²) < 4.78 is 0.879. The number of hydrogen-bond acceptors (Lipinski definition) is 3. The van der Waals surface area contributed by atoms with Crippen LogP contribution in [0.15, 0.2) is 16.7 Å². The highest BCUT2D eigenvalue weighted by Gasteiger charge is 2.02. The molecule has 1 heterocycles. The predicted octanol–water partition coefficient (Wildman–Crippen LogP) is 1.96. The molecule has 0 atom stereocenters. The second kappa shape index (κ2) is 3.64. The maximum absolute atomic E-state index is 9.06. The topological polar surface area (TPSA) is 60.2 Å². The molecule has 2 N–H and O–H groups in total. The van der Waals surface area contributed by atoms with Crippen LogP contribution in [-0.2, 0) is 0 Å². The van der Waals surface area contributed by atoms with Crippen molar-refractivity contribution in [2.75, 3.05) is 5.06 Å². The lowest BCUT2D eigenvalue weighted by Gasteiger charge is -2.09. The van der Waals surface area contributed by atoms with Gasteiger partial charge in [0.1, 0.15) is 6.34 Å². The van der Waals surface area contributed by atoms with Crippen molar-refractivity contribution >= 4 is 28.1 Å². The fourth-order valence-electron chi connectivity index (χ4n) is 0.716. The Bertz CT molecular complexity index is 303. The summed E-state index contributed by atoms with van der Waals surface area (Å²) in [6, 6.07) is 1.68. The summed E-state index contributed by atoms with van der Waals surface area (Å²) in [4.78, 5) is 3.89. The van der Waals surface area contributed by atoms with Crippen LogP contribution in [0.25, 0.3) is 0 Å². The van der Waals surface area contributed by atoms with E-state index in [2.05, 4.69) is 20.9 Å². The first-order valence-electron chi connectivity index (χ1n) is 3.26. The van der Waals surface area contributed by atoms with Crippen LogP contribution in [0.3, 0.4) is 0 Å². The van der Waals surface area contributed by atoms with E-state index < -0.39 is 0 Å². The van der Waals surface area contributed by atoms with E-state index in [-0.39, 0.29) is 0 Å². The molecule has 0 spiro atoms. The molecule has 0 fully saturated rings. The minimum absolute atomic E-state index is 0.339. The first-order chi connectivity index (χ1) is 5.65. The van der Waals surface area contributed by atoms with Crippen molar-refractivity contribution in [1.82, 2.24) is 4.98 Å². The second-order valence-corrected chi connectivity index (χ2v) is 3.12. The quantitative estimate of drug-likeness (QED) is 0.463. The number of nitrogens with zero attached hydrogens (tertiary/aromatic N) is 2. The number of nitrogens with one attached hydrogen (secondary N) is 1. The van der Waals surface area contributed by atoms with Crippen LogP contribution in [0.5, 0.6) is 0 Å². The van der Waals surface area contributed by atoms with E-state index in [0.717, 1.165) is 16.4 Å². The summed E-state index contributed by atoms with van der Waals surface area (Å²) in [5.74, 6) is 0.339. The number of hydroxylamine groups is 1. The van der Waals surface area contributed by atoms with E-state index >= 15 is 0 Å². The standard InChI is InChI=1S/C7H8BrN3O/c1-5-2-7(11(12)4-9)10-3-6(5)8/h2-4,9,12H,1H3. The zero-order valence-electron chi connectivity index (χ0n) is 6.45. The molecule has 1 aromatic heterocycles. The van der Waals surface area contributed by atoms with Gasteiger partial charge in [0.2, 0.25) is 0 Å². The molecule has 0 unspecified atom stereocenters. The third-order valence-electron chi connectivity index (χ3n) is 1.39. The fourth-order valence-corrected chi connectivity index (χ4v) is 0.933. The van der Waals surface area contributed by atoms with Crippen molar-refractivity contribution in [2.24, 2.45) is 0 Å². The Balaban J connectivity index is 3.04. The summed E-state index contributed by atoms with van der Waals surface area (Å²) in [5, 5.41) is 16.5. The normalized spacial score (nSPS) is 9.58. The Kier molecular flexibility index (Phi) is 2.78. The van der Waals surface area contributed by atoms with E-state index in [1.54, 1.807) is 12.3 Å². The van der Waals surface area contributed by atoms with Gasteiger partial charge in [0.05, 0.1) is 0 Å². The van der Waals surface area contributed by atoms with Gasteiger partial charge in [-0.25, -0.2) is 4.98 Å². The molecule has 0 aromatic carbocycles. The molecule has 0 saturated heterocycles. The number of anilines is 1. The molecule has 0 bridgehead atoms. The molecule has 0 radical (unpaired) electrons. The molecule has 1 aromatic rings. The average molecular weight is 230 g/mol. The van der Waals surface area contributed by atoms with Gasteiger partial charge in [-0.1, -0.05) is 0 Å². The van der Waals surface area contributed by atoms with Crippen molar-refractivity contribution in [3.05, 3.63) is 22.3 Å². The minimum Gasteiger partial charge on any atom is -0.289 e. The molecule has 0 aliphatic rings. The van der Waals surface area contributed by atoms with Gasteiger partial charge in [-0.2, -0.15) is 5.06 Å². The lowest BCUT2D eigenvalue weighted by atomic mass is 10.3. The highest BCUT2D eigenvalue weighted by atomic mass is 79.9. The maximum Gasteiger partial charge on any atom is 0.159 e. The van der Waals surface area contributed by atoms with E-state index in [1.165, 1.54) is 0 Å². The maximum atomic E-state index is 9.06. The smallest absolute Gasteiger partial charge is 0.159 e. The van der Waals surface area contributed by atoms with E-state index in [4.69, 9.17) is 10.6 Å². The lowest BCUT2D eigenvalue weighted by molar-refractivity contribution is 0.313. The van der Waals surface area contributed by atoms with Gasteiger partial charge in [0.25, 0.3) is 0 Å². The van der Waals surface area contributed by atoms with Gasteiger partial charge in [0.15, 0.2) is 5.82 Å². The zero-order chi connectivity index (χ0) is 9.14. The Hall–Kier alpha value is -0.940. The van der Waals surface area contributed by atoms with Gasteiger partial charge >= 0.3 is 0 Å². The third kappa shape index (κ3) is 1.80. The highest BCUT2D eigenvalue weighted by Crippen LogP contribution is 2.18. The zero-order valence-corrected chi connectivity index (χ0v) is 8.04. The number of pyridine rings is 1. The number of aromatic nitrogens is 1. The molecule has 1 rings (SSSR count). The van der Waals surface area contributed by atoms with Crippen LogP contribution in [0.1, 0.15) is 5.56 Å². The molecule has 0 aliphatic heterocycles. The Morgan fingerprint density at radius 2 is 2.42 bits per heavy atom. The van der Waals surface area contributed by atoms with E-state index in [0.29, 0.717) is 10.9 Å². The number of aryl methyl sites for hydroxylation is 1. The molecule has 0 aliphatic carbocycles. The summed E-state index contributed by atoms with van der Waals surface area (Å²) >= 11 is 3.28. The van der Waals surface area contributed by atoms with Gasteiger partial charge in [-0.05, 0) is 34.5 Å². The van der Waals surface area contributed by atoms with Gasteiger partial charge in [-0.15, -0.1) is 0 Å². The Morgan fingerprint density at radius 3 is 2.92 bits per heavy atom. The van der Waals surface area contributed by atoms with Crippen molar-refractivity contribution in [3.8, 4) is 0 Å². The van der Waals surface area contributed by atoms with Crippen molar-refractivity contribution in [2.45, 2.75) is 6.92 Å². The molecular formula is C7H8BrN3O. The van der Waals surface area contributed by atoms with Gasteiger partial charge in [-0.3, -0.25) is 10.6 Å². The van der Waals surface area contributed by atoms with Crippen molar-refractivity contribution < 1.29 is 5.21 Å². The number of rotatable bonds is 2. The molecule has 12 heavy (non-hydrogen) atoms. The monoisotopic (exact) mass is 229 g/mol. The van der Waals surface area contributed by atoms with E-state index in [9.17, 15) is 0 Å². The Morgan fingerprint density at radius 1 is 1.75 bits per heavy atom. The van der Waals surface area contributed by atoms with Gasteiger partial charge in [0, 0.05) is 10.7 Å². The van der Waals surface area contributed by atoms with Crippen molar-refractivity contribution in [3.63, 3.8) is 0 Å². The van der Waals surface area contributed by atoms with Crippen LogP contribution in [0.2, 0.25) is 0 Å². The minimum atomic E-state index is 0.339. The second-order valence-electron chi connectivity index (χ2n) is 2.27. The molecule has 0 amide bonds. The lowest BCUT2D eigenvalue weighted by Crippen LogP contribution is -2.15. The molecular weight excluding hydrogens is 222 g/mol. The van der Waals surface area contributed by atoms with E-state index in [1.807, 2.05) is 6.92 Å². The molecule has 64 valence electrons. The fraction of sp³-hybridized carbons (Fsp3) is 0.143. The Labute approximate surface area is 78.4 Å². The summed E-state index contributed by atoms with van der Waals surface area (Å²) in [6.45, 7) is 1.88. The molecule has 5 heteroatoms. The number of hydrogen-bond donors (Lipinski definition) is 2. The van der Waals surface area contributed by atoms with Crippen molar-refractivity contribution in [1.29, 1.82) is 5.41 Å².